The number of rotatable bonds is 4. The summed E-state index contributed by atoms with van der Waals surface area (Å²) in [5.41, 5.74) is 3.66. The molecule has 0 saturated heterocycles. The average Bonchev–Trinajstić information content (AvgIpc) is 2.83. The van der Waals surface area contributed by atoms with Crippen molar-refractivity contribution in [2.45, 2.75) is 6.54 Å². The van der Waals surface area contributed by atoms with Gasteiger partial charge in [-0.05, 0) is 35.4 Å². The number of methoxy groups -OCH3 is 2. The van der Waals surface area contributed by atoms with Crippen molar-refractivity contribution in [3.8, 4) is 28.4 Å². The Morgan fingerprint density at radius 1 is 0.935 bits per heavy atom. The Labute approximate surface area is 179 Å². The van der Waals surface area contributed by atoms with Crippen LogP contribution in [0.3, 0.4) is 0 Å². The lowest BCUT2D eigenvalue weighted by Crippen LogP contribution is -2.32. The first-order valence-corrected chi connectivity index (χ1v) is 9.93. The van der Waals surface area contributed by atoms with Crippen LogP contribution in [0.25, 0.3) is 22.1 Å². The molecular formula is C25H21NO5. The van der Waals surface area contributed by atoms with Gasteiger partial charge in [0.1, 0.15) is 22.8 Å². The second-order valence-corrected chi connectivity index (χ2v) is 7.27. The van der Waals surface area contributed by atoms with Crippen molar-refractivity contribution in [2.75, 3.05) is 25.9 Å². The lowest BCUT2D eigenvalue weighted by Gasteiger charge is -2.32. The van der Waals surface area contributed by atoms with E-state index in [9.17, 15) is 4.79 Å². The maximum absolute atomic E-state index is 12.4. The van der Waals surface area contributed by atoms with Gasteiger partial charge in [-0.25, -0.2) is 4.79 Å². The van der Waals surface area contributed by atoms with Gasteiger partial charge in [-0.1, -0.05) is 30.3 Å². The number of hydrogen-bond acceptors (Lipinski definition) is 6. The summed E-state index contributed by atoms with van der Waals surface area (Å²) >= 11 is 0. The van der Waals surface area contributed by atoms with Crippen LogP contribution in [0.15, 0.2) is 75.9 Å². The summed E-state index contributed by atoms with van der Waals surface area (Å²) < 4.78 is 22.6. The maximum Gasteiger partial charge on any atom is 0.336 e. The zero-order valence-electron chi connectivity index (χ0n) is 17.3. The molecule has 0 unspecified atom stereocenters. The van der Waals surface area contributed by atoms with Gasteiger partial charge in [0.15, 0.2) is 6.73 Å². The molecule has 1 aromatic heterocycles. The Hall–Kier alpha value is -3.93. The zero-order chi connectivity index (χ0) is 21.4. The largest absolute Gasteiger partial charge is 0.497 e. The fourth-order valence-corrected chi connectivity index (χ4v) is 3.99. The van der Waals surface area contributed by atoms with E-state index in [0.29, 0.717) is 36.1 Å². The average molecular weight is 415 g/mol. The molecular weight excluding hydrogens is 394 g/mol. The van der Waals surface area contributed by atoms with Gasteiger partial charge in [0.25, 0.3) is 0 Å². The summed E-state index contributed by atoms with van der Waals surface area (Å²) in [5, 5.41) is 0.872. The van der Waals surface area contributed by atoms with E-state index in [1.165, 1.54) is 6.07 Å². The molecule has 4 aromatic rings. The highest BCUT2D eigenvalue weighted by Gasteiger charge is 2.25. The van der Waals surface area contributed by atoms with Crippen LogP contribution in [-0.4, -0.2) is 21.0 Å². The molecule has 0 aliphatic carbocycles. The molecule has 0 atom stereocenters. The third-order valence-electron chi connectivity index (χ3n) is 5.51. The third-order valence-corrected chi connectivity index (χ3v) is 5.51. The molecule has 5 rings (SSSR count). The number of anilines is 1. The minimum absolute atomic E-state index is 0.351. The van der Waals surface area contributed by atoms with E-state index < -0.39 is 0 Å². The molecule has 2 heterocycles. The molecule has 6 heteroatoms. The second kappa shape index (κ2) is 7.72. The molecule has 0 amide bonds. The van der Waals surface area contributed by atoms with Crippen molar-refractivity contribution in [1.82, 2.24) is 0 Å². The van der Waals surface area contributed by atoms with E-state index in [2.05, 4.69) is 0 Å². The normalized spacial score (nSPS) is 12.9. The summed E-state index contributed by atoms with van der Waals surface area (Å²) in [5.74, 6) is 2.10. The SMILES string of the molecule is COc1ccc(N2COc3ccc4c(-c5ccccc5)cc(=O)oc4c3C2)c(OC)c1. The fourth-order valence-electron chi connectivity index (χ4n) is 3.99. The molecule has 0 N–H and O–H groups in total. The Morgan fingerprint density at radius 2 is 1.77 bits per heavy atom. The van der Waals surface area contributed by atoms with Crippen LogP contribution in [0.1, 0.15) is 5.56 Å². The van der Waals surface area contributed by atoms with E-state index in [1.54, 1.807) is 14.2 Å². The monoisotopic (exact) mass is 415 g/mol. The molecule has 6 nitrogen and oxygen atoms in total. The lowest BCUT2D eigenvalue weighted by molar-refractivity contribution is 0.286. The van der Waals surface area contributed by atoms with Gasteiger partial charge in [0.05, 0.1) is 32.0 Å². The van der Waals surface area contributed by atoms with E-state index in [4.69, 9.17) is 18.6 Å². The molecule has 31 heavy (non-hydrogen) atoms. The fraction of sp³-hybridized carbons (Fsp3) is 0.160. The predicted molar refractivity (Wildman–Crippen MR) is 119 cm³/mol. The van der Waals surface area contributed by atoms with Crippen molar-refractivity contribution >= 4 is 16.7 Å². The van der Waals surface area contributed by atoms with Crippen LogP contribution in [0.5, 0.6) is 17.2 Å². The van der Waals surface area contributed by atoms with Gasteiger partial charge in [-0.3, -0.25) is 0 Å². The third kappa shape index (κ3) is 3.36. The highest BCUT2D eigenvalue weighted by Crippen LogP contribution is 2.39. The van der Waals surface area contributed by atoms with Crippen molar-refractivity contribution in [3.05, 3.63) is 82.7 Å². The van der Waals surface area contributed by atoms with Gasteiger partial charge < -0.3 is 23.5 Å². The summed E-state index contributed by atoms with van der Waals surface area (Å²) in [6.07, 6.45) is 0. The predicted octanol–water partition coefficient (Wildman–Crippen LogP) is 4.83. The summed E-state index contributed by atoms with van der Waals surface area (Å²) in [4.78, 5) is 14.5. The number of hydrogen-bond donors (Lipinski definition) is 0. The molecule has 0 saturated carbocycles. The van der Waals surface area contributed by atoms with Crippen molar-refractivity contribution in [2.24, 2.45) is 0 Å². The van der Waals surface area contributed by atoms with Crippen molar-refractivity contribution < 1.29 is 18.6 Å². The number of nitrogens with zero attached hydrogens (tertiary/aromatic N) is 1. The molecule has 3 aromatic carbocycles. The van der Waals surface area contributed by atoms with Crippen LogP contribution in [0.4, 0.5) is 5.69 Å². The van der Waals surface area contributed by atoms with E-state index in [0.717, 1.165) is 27.8 Å². The summed E-state index contributed by atoms with van der Waals surface area (Å²) in [7, 11) is 3.24. The van der Waals surface area contributed by atoms with Gasteiger partial charge >= 0.3 is 5.63 Å². The quantitative estimate of drug-likeness (QED) is 0.445. The Morgan fingerprint density at radius 3 is 2.55 bits per heavy atom. The van der Waals surface area contributed by atoms with Crippen molar-refractivity contribution in [1.29, 1.82) is 0 Å². The van der Waals surface area contributed by atoms with Crippen LogP contribution in [-0.2, 0) is 6.54 Å². The van der Waals surface area contributed by atoms with Gasteiger partial charge in [-0.2, -0.15) is 0 Å². The minimum Gasteiger partial charge on any atom is -0.497 e. The maximum atomic E-state index is 12.4. The van der Waals surface area contributed by atoms with Gasteiger partial charge in [0, 0.05) is 17.5 Å². The number of benzene rings is 3. The van der Waals surface area contributed by atoms with E-state index in [-0.39, 0.29) is 5.63 Å². The molecule has 0 fully saturated rings. The Balaban J connectivity index is 1.63. The highest BCUT2D eigenvalue weighted by atomic mass is 16.5. The Kier molecular flexibility index (Phi) is 4.75. The molecule has 1 aliphatic rings. The molecule has 156 valence electrons. The standard InChI is InChI=1S/C25H21NO5/c1-28-17-8-10-21(23(12-17)29-2)26-14-20-22(30-15-26)11-9-18-19(13-24(27)31-25(18)20)16-6-4-3-5-7-16/h3-13H,14-15H2,1-2H3. The first kappa shape index (κ1) is 19.1. The van der Waals surface area contributed by atoms with Crippen LogP contribution < -0.4 is 24.7 Å². The first-order chi connectivity index (χ1) is 15.2. The molecule has 0 bridgehead atoms. The van der Waals surface area contributed by atoms with Gasteiger partial charge in [0.2, 0.25) is 0 Å². The topological polar surface area (TPSA) is 61.1 Å². The summed E-state index contributed by atoms with van der Waals surface area (Å²) in [6, 6.07) is 20.9. The lowest BCUT2D eigenvalue weighted by atomic mass is 9.99. The zero-order valence-corrected chi connectivity index (χ0v) is 17.3. The first-order valence-electron chi connectivity index (χ1n) is 9.93. The highest BCUT2D eigenvalue weighted by molar-refractivity contribution is 5.96. The van der Waals surface area contributed by atoms with E-state index in [1.807, 2.05) is 65.6 Å². The molecule has 0 radical (unpaired) electrons. The van der Waals surface area contributed by atoms with Crippen molar-refractivity contribution in [3.63, 3.8) is 0 Å². The number of fused-ring (bicyclic) bond motifs is 3. The van der Waals surface area contributed by atoms with Crippen LogP contribution in [0, 0.1) is 0 Å². The van der Waals surface area contributed by atoms with Gasteiger partial charge in [-0.15, -0.1) is 0 Å². The summed E-state index contributed by atoms with van der Waals surface area (Å²) in [6.45, 7) is 0.861. The van der Waals surface area contributed by atoms with Crippen LogP contribution in [0.2, 0.25) is 0 Å². The minimum atomic E-state index is -0.390. The molecule has 0 spiro atoms. The molecule has 1 aliphatic heterocycles. The van der Waals surface area contributed by atoms with Crippen LogP contribution >= 0.6 is 0 Å². The van der Waals surface area contributed by atoms with E-state index >= 15 is 0 Å². The Bertz CT molecular complexity index is 1310. The smallest absolute Gasteiger partial charge is 0.336 e. The number of ether oxygens (including phenoxy) is 3. The second-order valence-electron chi connectivity index (χ2n) is 7.27.